The number of nitrogens with one attached hydrogen (secondary N) is 1. The molecule has 0 radical (unpaired) electrons. The van der Waals surface area contributed by atoms with E-state index in [1.54, 1.807) is 12.1 Å². The molecule has 0 aromatic heterocycles. The van der Waals surface area contributed by atoms with Gasteiger partial charge in [-0.05, 0) is 25.6 Å². The fourth-order valence-corrected chi connectivity index (χ4v) is 1.98. The lowest BCUT2D eigenvalue weighted by molar-refractivity contribution is -0.384. The summed E-state index contributed by atoms with van der Waals surface area (Å²) in [6.07, 6.45) is 0. The maximum Gasteiger partial charge on any atom is 0.271 e. The first-order valence-electron chi connectivity index (χ1n) is 5.93. The summed E-state index contributed by atoms with van der Waals surface area (Å²) in [7, 11) is 4.07. The van der Waals surface area contributed by atoms with Gasteiger partial charge in [-0.1, -0.05) is 19.9 Å². The smallest absolute Gasteiger partial charge is 0.271 e. The van der Waals surface area contributed by atoms with Crippen LogP contribution in [0.4, 0.5) is 11.4 Å². The van der Waals surface area contributed by atoms with Gasteiger partial charge in [0.15, 0.2) is 0 Å². The van der Waals surface area contributed by atoms with Crippen LogP contribution in [0.3, 0.4) is 0 Å². The molecule has 0 unspecified atom stereocenters. The van der Waals surface area contributed by atoms with Gasteiger partial charge in [-0.2, -0.15) is 0 Å². The largest absolute Gasteiger partial charge is 0.384 e. The first-order valence-corrected chi connectivity index (χ1v) is 5.93. The fraction of sp³-hybridized carbons (Fsp3) is 0.538. The summed E-state index contributed by atoms with van der Waals surface area (Å²) in [5.74, 6) is 0. The minimum Gasteiger partial charge on any atom is -0.384 e. The molecular formula is C13H21N3O2. The van der Waals surface area contributed by atoms with E-state index in [4.69, 9.17) is 0 Å². The number of rotatable bonds is 6. The monoisotopic (exact) mass is 251 g/mol. The number of nitrogens with zero attached hydrogens (tertiary/aromatic N) is 2. The standard InChI is InChI=1S/C13H21N3O2/c1-13(2,10-15(3)4)9-14-11-6-5-7-12(8-11)16(17)18/h5-8,14H,9-10H2,1-4H3. The molecule has 5 nitrogen and oxygen atoms in total. The fourth-order valence-electron chi connectivity index (χ4n) is 1.98. The minimum atomic E-state index is -0.379. The highest BCUT2D eigenvalue weighted by Gasteiger charge is 2.18. The van der Waals surface area contributed by atoms with Gasteiger partial charge in [0.1, 0.15) is 0 Å². The van der Waals surface area contributed by atoms with Crippen LogP contribution < -0.4 is 5.32 Å². The van der Waals surface area contributed by atoms with Gasteiger partial charge >= 0.3 is 0 Å². The van der Waals surface area contributed by atoms with E-state index in [1.807, 2.05) is 20.2 Å². The predicted molar refractivity (Wildman–Crippen MR) is 73.9 cm³/mol. The molecule has 0 aliphatic rings. The Labute approximate surface area is 108 Å². The topological polar surface area (TPSA) is 58.4 Å². The highest BCUT2D eigenvalue weighted by Crippen LogP contribution is 2.20. The SMILES string of the molecule is CN(C)CC(C)(C)CNc1cccc([N+](=O)[O-])c1. The van der Waals surface area contributed by atoms with Crippen molar-refractivity contribution >= 4 is 11.4 Å². The van der Waals surface area contributed by atoms with E-state index in [1.165, 1.54) is 6.07 Å². The zero-order valence-corrected chi connectivity index (χ0v) is 11.4. The molecule has 0 spiro atoms. The maximum atomic E-state index is 10.7. The molecule has 0 bridgehead atoms. The third-order valence-corrected chi connectivity index (χ3v) is 2.57. The van der Waals surface area contributed by atoms with Crippen LogP contribution in [-0.2, 0) is 0 Å². The number of benzene rings is 1. The van der Waals surface area contributed by atoms with Crippen LogP contribution in [0.15, 0.2) is 24.3 Å². The Morgan fingerprint density at radius 3 is 2.61 bits per heavy atom. The van der Waals surface area contributed by atoms with Crippen LogP contribution in [-0.4, -0.2) is 37.0 Å². The Hall–Kier alpha value is -1.62. The molecule has 0 fully saturated rings. The second kappa shape index (κ2) is 5.82. The summed E-state index contributed by atoms with van der Waals surface area (Å²) in [5, 5.41) is 13.9. The normalized spacial score (nSPS) is 11.6. The number of nitro groups is 1. The number of nitro benzene ring substituents is 1. The third kappa shape index (κ3) is 4.71. The zero-order valence-electron chi connectivity index (χ0n) is 11.4. The Morgan fingerprint density at radius 1 is 1.39 bits per heavy atom. The molecule has 0 atom stereocenters. The van der Waals surface area contributed by atoms with Gasteiger partial charge in [0.2, 0.25) is 0 Å². The van der Waals surface area contributed by atoms with Crippen LogP contribution in [0.1, 0.15) is 13.8 Å². The molecule has 0 saturated carbocycles. The van der Waals surface area contributed by atoms with Gasteiger partial charge in [0.25, 0.3) is 5.69 Å². The summed E-state index contributed by atoms with van der Waals surface area (Å²) in [6.45, 7) is 6.05. The van der Waals surface area contributed by atoms with Crippen molar-refractivity contribution in [3.8, 4) is 0 Å². The minimum absolute atomic E-state index is 0.105. The Bertz CT molecular complexity index is 416. The van der Waals surface area contributed by atoms with E-state index in [0.29, 0.717) is 0 Å². The summed E-state index contributed by atoms with van der Waals surface area (Å²) in [6, 6.07) is 6.60. The van der Waals surface area contributed by atoms with E-state index >= 15 is 0 Å². The lowest BCUT2D eigenvalue weighted by Gasteiger charge is -2.28. The summed E-state index contributed by atoms with van der Waals surface area (Å²) in [4.78, 5) is 12.4. The molecule has 1 rings (SSSR count). The molecule has 100 valence electrons. The molecule has 0 saturated heterocycles. The highest BCUT2D eigenvalue weighted by atomic mass is 16.6. The summed E-state index contributed by atoms with van der Waals surface area (Å²) < 4.78 is 0. The van der Waals surface area contributed by atoms with Crippen molar-refractivity contribution < 1.29 is 4.92 Å². The molecular weight excluding hydrogens is 230 g/mol. The average molecular weight is 251 g/mol. The van der Waals surface area contributed by atoms with Crippen molar-refractivity contribution in [2.45, 2.75) is 13.8 Å². The van der Waals surface area contributed by atoms with Crippen LogP contribution in [0.5, 0.6) is 0 Å². The molecule has 0 amide bonds. The van der Waals surface area contributed by atoms with E-state index in [0.717, 1.165) is 18.8 Å². The van der Waals surface area contributed by atoms with Crippen molar-refractivity contribution in [1.29, 1.82) is 0 Å². The highest BCUT2D eigenvalue weighted by molar-refractivity contribution is 5.51. The van der Waals surface area contributed by atoms with Crippen LogP contribution >= 0.6 is 0 Å². The molecule has 0 aliphatic carbocycles. The number of hydrogen-bond acceptors (Lipinski definition) is 4. The molecule has 1 N–H and O–H groups in total. The van der Waals surface area contributed by atoms with E-state index in [2.05, 4.69) is 24.1 Å². The van der Waals surface area contributed by atoms with Crippen LogP contribution in [0.2, 0.25) is 0 Å². The van der Waals surface area contributed by atoms with Crippen molar-refractivity contribution in [1.82, 2.24) is 4.90 Å². The van der Waals surface area contributed by atoms with Crippen molar-refractivity contribution in [3.63, 3.8) is 0 Å². The van der Waals surface area contributed by atoms with Crippen molar-refractivity contribution in [2.75, 3.05) is 32.5 Å². The first kappa shape index (κ1) is 14.4. The van der Waals surface area contributed by atoms with Gasteiger partial charge < -0.3 is 10.2 Å². The van der Waals surface area contributed by atoms with Crippen molar-refractivity contribution in [3.05, 3.63) is 34.4 Å². The summed E-state index contributed by atoms with van der Waals surface area (Å²) in [5.41, 5.74) is 1.01. The molecule has 18 heavy (non-hydrogen) atoms. The van der Waals surface area contributed by atoms with E-state index < -0.39 is 0 Å². The van der Waals surface area contributed by atoms with Gasteiger partial charge in [-0.3, -0.25) is 10.1 Å². The lowest BCUT2D eigenvalue weighted by atomic mass is 9.93. The van der Waals surface area contributed by atoms with E-state index in [-0.39, 0.29) is 16.0 Å². The number of non-ortho nitro benzene ring substituents is 1. The maximum absolute atomic E-state index is 10.7. The molecule has 0 heterocycles. The first-order chi connectivity index (χ1) is 8.30. The Balaban J connectivity index is 2.63. The Kier molecular flexibility index (Phi) is 4.67. The predicted octanol–water partition coefficient (Wildman–Crippen LogP) is 2.59. The molecule has 1 aromatic carbocycles. The van der Waals surface area contributed by atoms with Crippen LogP contribution in [0.25, 0.3) is 0 Å². The molecule has 5 heteroatoms. The number of anilines is 1. The third-order valence-electron chi connectivity index (χ3n) is 2.57. The van der Waals surface area contributed by atoms with Crippen molar-refractivity contribution in [2.24, 2.45) is 5.41 Å². The van der Waals surface area contributed by atoms with Gasteiger partial charge in [0, 0.05) is 30.9 Å². The molecule has 1 aromatic rings. The second-order valence-electron chi connectivity index (χ2n) is 5.56. The number of hydrogen-bond donors (Lipinski definition) is 1. The van der Waals surface area contributed by atoms with E-state index in [9.17, 15) is 10.1 Å². The summed E-state index contributed by atoms with van der Waals surface area (Å²) >= 11 is 0. The Morgan fingerprint density at radius 2 is 2.06 bits per heavy atom. The molecule has 0 aliphatic heterocycles. The lowest BCUT2D eigenvalue weighted by Crippen LogP contribution is -2.34. The second-order valence-corrected chi connectivity index (χ2v) is 5.56. The van der Waals surface area contributed by atoms with Gasteiger partial charge in [0.05, 0.1) is 4.92 Å². The zero-order chi connectivity index (χ0) is 13.8. The van der Waals surface area contributed by atoms with Gasteiger partial charge in [-0.15, -0.1) is 0 Å². The van der Waals surface area contributed by atoms with Gasteiger partial charge in [-0.25, -0.2) is 0 Å². The average Bonchev–Trinajstić information content (AvgIpc) is 2.25. The quantitative estimate of drug-likeness (QED) is 0.623. The van der Waals surface area contributed by atoms with Crippen LogP contribution in [0, 0.1) is 15.5 Å².